The van der Waals surface area contributed by atoms with Gasteiger partial charge in [0.1, 0.15) is 0 Å². The second-order valence-electron chi connectivity index (χ2n) is 2.56. The van der Waals surface area contributed by atoms with Crippen molar-refractivity contribution in [3.8, 4) is 6.07 Å². The van der Waals surface area contributed by atoms with Crippen molar-refractivity contribution in [3.05, 3.63) is 39.9 Å². The van der Waals surface area contributed by atoms with Gasteiger partial charge in [0.05, 0.1) is 11.1 Å². The quantitative estimate of drug-likeness (QED) is 0.700. The van der Waals surface area contributed by atoms with E-state index in [0.29, 0.717) is 5.03 Å². The highest BCUT2D eigenvalue weighted by molar-refractivity contribution is 9.10. The minimum absolute atomic E-state index is 0.457. The van der Waals surface area contributed by atoms with E-state index in [9.17, 15) is 0 Å². The molecule has 0 radical (unpaired) electrons. The molecule has 0 unspecified atom stereocenters. The van der Waals surface area contributed by atoms with E-state index in [1.165, 1.54) is 6.08 Å². The first kappa shape index (κ1) is 10.3. The Bertz CT molecular complexity index is 390. The van der Waals surface area contributed by atoms with Crippen LogP contribution >= 0.6 is 27.5 Å². The van der Waals surface area contributed by atoms with Crippen molar-refractivity contribution in [2.45, 2.75) is 6.92 Å². The van der Waals surface area contributed by atoms with Gasteiger partial charge in [-0.3, -0.25) is 0 Å². The summed E-state index contributed by atoms with van der Waals surface area (Å²) >= 11 is 9.31. The first-order valence-corrected chi connectivity index (χ1v) is 4.84. The van der Waals surface area contributed by atoms with Crippen molar-refractivity contribution in [1.29, 1.82) is 5.26 Å². The number of aryl methyl sites for hydroxylation is 1. The predicted octanol–water partition coefficient (Wildman–Crippen LogP) is 3.86. The number of nitriles is 1. The maximum absolute atomic E-state index is 8.43. The van der Waals surface area contributed by atoms with Crippen molar-refractivity contribution in [2.24, 2.45) is 0 Å². The Morgan fingerprint density at radius 3 is 2.92 bits per heavy atom. The molecule has 1 aromatic rings. The Morgan fingerprint density at radius 2 is 2.31 bits per heavy atom. The van der Waals surface area contributed by atoms with Gasteiger partial charge in [0.15, 0.2) is 0 Å². The summed E-state index contributed by atoms with van der Waals surface area (Å²) in [7, 11) is 0. The Morgan fingerprint density at radius 1 is 1.62 bits per heavy atom. The van der Waals surface area contributed by atoms with Crippen LogP contribution < -0.4 is 0 Å². The molecule has 0 N–H and O–H groups in total. The molecule has 3 heteroatoms. The van der Waals surface area contributed by atoms with Crippen molar-refractivity contribution in [1.82, 2.24) is 0 Å². The molecule has 0 saturated carbocycles. The molecule has 66 valence electrons. The van der Waals surface area contributed by atoms with E-state index >= 15 is 0 Å². The van der Waals surface area contributed by atoms with Crippen LogP contribution in [0.3, 0.4) is 0 Å². The number of nitrogens with zero attached hydrogens (tertiary/aromatic N) is 1. The Kier molecular flexibility index (Phi) is 3.53. The second-order valence-corrected chi connectivity index (χ2v) is 3.76. The second kappa shape index (κ2) is 4.45. The molecule has 0 heterocycles. The van der Waals surface area contributed by atoms with Crippen LogP contribution in [0.1, 0.15) is 11.1 Å². The molecule has 1 nitrogen and oxygen atoms in total. The van der Waals surface area contributed by atoms with E-state index in [1.54, 1.807) is 0 Å². The average molecular weight is 257 g/mol. The van der Waals surface area contributed by atoms with Crippen LogP contribution in [-0.2, 0) is 0 Å². The van der Waals surface area contributed by atoms with Crippen LogP contribution in [0.25, 0.3) is 5.03 Å². The van der Waals surface area contributed by atoms with Gasteiger partial charge in [0.2, 0.25) is 0 Å². The summed E-state index contributed by atoms with van der Waals surface area (Å²) in [5, 5.41) is 8.89. The van der Waals surface area contributed by atoms with E-state index in [2.05, 4.69) is 15.9 Å². The number of benzene rings is 1. The van der Waals surface area contributed by atoms with E-state index in [-0.39, 0.29) is 0 Å². The standard InChI is InChI=1S/C10H7BrClN/c1-7-3-2-4-8(10(7)11)9(12)5-6-13/h2-5H,1H3/b9-5-. The molecule has 0 aliphatic carbocycles. The molecule has 0 aliphatic heterocycles. The monoisotopic (exact) mass is 255 g/mol. The minimum Gasteiger partial charge on any atom is -0.193 e. The third kappa shape index (κ3) is 2.33. The van der Waals surface area contributed by atoms with Gasteiger partial charge in [0.25, 0.3) is 0 Å². The topological polar surface area (TPSA) is 23.8 Å². The first-order chi connectivity index (χ1) is 6.16. The number of hydrogen-bond donors (Lipinski definition) is 0. The zero-order valence-corrected chi connectivity index (χ0v) is 9.35. The fourth-order valence-electron chi connectivity index (χ4n) is 0.966. The van der Waals surface area contributed by atoms with Gasteiger partial charge in [-0.15, -0.1) is 0 Å². The molecule has 0 atom stereocenters. The summed E-state index contributed by atoms with van der Waals surface area (Å²) in [4.78, 5) is 0. The molecular formula is C10H7BrClN. The summed E-state index contributed by atoms with van der Waals surface area (Å²) in [6.07, 6.45) is 1.32. The van der Waals surface area contributed by atoms with Crippen molar-refractivity contribution in [2.75, 3.05) is 0 Å². The molecule has 0 aromatic heterocycles. The van der Waals surface area contributed by atoms with Crippen LogP contribution in [0.5, 0.6) is 0 Å². The maximum atomic E-state index is 8.43. The summed E-state index contributed by atoms with van der Waals surface area (Å²) in [5.41, 5.74) is 1.95. The number of halogens is 2. The molecule has 0 bridgehead atoms. The van der Waals surface area contributed by atoms with E-state index in [0.717, 1.165) is 15.6 Å². The number of hydrogen-bond acceptors (Lipinski definition) is 1. The van der Waals surface area contributed by atoms with E-state index in [4.69, 9.17) is 16.9 Å². The average Bonchev–Trinajstić information content (AvgIpc) is 2.10. The third-order valence-electron chi connectivity index (χ3n) is 1.64. The molecule has 1 aromatic carbocycles. The maximum Gasteiger partial charge on any atom is 0.0927 e. The van der Waals surface area contributed by atoms with Crippen LogP contribution in [0.4, 0.5) is 0 Å². The van der Waals surface area contributed by atoms with Gasteiger partial charge in [-0.1, -0.05) is 29.8 Å². The Labute approximate surface area is 90.8 Å². The van der Waals surface area contributed by atoms with Crippen molar-refractivity contribution >= 4 is 32.6 Å². The highest BCUT2D eigenvalue weighted by Crippen LogP contribution is 2.29. The van der Waals surface area contributed by atoms with Gasteiger partial charge in [0, 0.05) is 16.1 Å². The fraction of sp³-hybridized carbons (Fsp3) is 0.100. The summed E-state index contributed by atoms with van der Waals surface area (Å²) in [5.74, 6) is 0. The number of rotatable bonds is 1. The largest absolute Gasteiger partial charge is 0.193 e. The highest BCUT2D eigenvalue weighted by Gasteiger charge is 2.04. The normalized spacial score (nSPS) is 11.1. The lowest BCUT2D eigenvalue weighted by atomic mass is 10.1. The van der Waals surface area contributed by atoms with Gasteiger partial charge in [-0.2, -0.15) is 5.26 Å². The summed E-state index contributed by atoms with van der Waals surface area (Å²) in [6, 6.07) is 7.65. The zero-order chi connectivity index (χ0) is 9.84. The third-order valence-corrected chi connectivity index (χ3v) is 3.01. The Balaban J connectivity index is 3.25. The summed E-state index contributed by atoms with van der Waals surface area (Å²) in [6.45, 7) is 1.98. The molecule has 1 rings (SSSR count). The molecule has 0 spiro atoms. The van der Waals surface area contributed by atoms with Crippen molar-refractivity contribution in [3.63, 3.8) is 0 Å². The van der Waals surface area contributed by atoms with Crippen LogP contribution in [0.2, 0.25) is 0 Å². The van der Waals surface area contributed by atoms with Gasteiger partial charge in [-0.05, 0) is 28.4 Å². The SMILES string of the molecule is Cc1cccc(/C(Cl)=C/C#N)c1Br. The Hall–Kier alpha value is -0.780. The first-order valence-electron chi connectivity index (χ1n) is 3.67. The summed E-state index contributed by atoms with van der Waals surface area (Å²) < 4.78 is 0.937. The van der Waals surface area contributed by atoms with Crippen LogP contribution in [-0.4, -0.2) is 0 Å². The van der Waals surface area contributed by atoms with Crippen LogP contribution in [0, 0.1) is 18.3 Å². The predicted molar refractivity (Wildman–Crippen MR) is 58.3 cm³/mol. The molecular weight excluding hydrogens is 249 g/mol. The van der Waals surface area contributed by atoms with Gasteiger partial charge < -0.3 is 0 Å². The molecule has 0 fully saturated rings. The lowest BCUT2D eigenvalue weighted by Crippen LogP contribution is -1.83. The molecule has 0 aliphatic rings. The molecule has 0 amide bonds. The zero-order valence-electron chi connectivity index (χ0n) is 7.01. The van der Waals surface area contributed by atoms with Crippen molar-refractivity contribution < 1.29 is 0 Å². The lowest BCUT2D eigenvalue weighted by molar-refractivity contribution is 1.41. The van der Waals surface area contributed by atoms with Gasteiger partial charge in [-0.25, -0.2) is 0 Å². The fourth-order valence-corrected chi connectivity index (χ4v) is 1.76. The van der Waals surface area contributed by atoms with E-state index < -0.39 is 0 Å². The van der Waals surface area contributed by atoms with Crippen LogP contribution in [0.15, 0.2) is 28.7 Å². The molecule has 0 saturated heterocycles. The minimum atomic E-state index is 0.457. The molecule has 13 heavy (non-hydrogen) atoms. The highest BCUT2D eigenvalue weighted by atomic mass is 79.9. The van der Waals surface area contributed by atoms with E-state index in [1.807, 2.05) is 31.2 Å². The van der Waals surface area contributed by atoms with Gasteiger partial charge >= 0.3 is 0 Å². The lowest BCUT2D eigenvalue weighted by Gasteiger charge is -2.04. The number of allylic oxidation sites excluding steroid dienone is 1. The smallest absolute Gasteiger partial charge is 0.0927 e.